The Morgan fingerprint density at radius 2 is 1.53 bits per heavy atom. The molecule has 0 spiro atoms. The number of benzene rings is 3. The Kier molecular flexibility index (Phi) is 9.97. The molecule has 2 amide bonds. The van der Waals surface area contributed by atoms with Crippen molar-refractivity contribution in [1.82, 2.24) is 10.2 Å². The predicted octanol–water partition coefficient (Wildman–Crippen LogP) is 6.27. The molecule has 1 atom stereocenters. The number of nitrogens with one attached hydrogen (secondary N) is 1. The van der Waals surface area contributed by atoms with E-state index in [9.17, 15) is 14.0 Å². The minimum Gasteiger partial charge on any atom is -0.350 e. The van der Waals surface area contributed by atoms with Crippen LogP contribution in [-0.4, -0.2) is 34.0 Å². The van der Waals surface area contributed by atoms with E-state index < -0.39 is 11.6 Å². The molecular formula is C29H32ClFN2O2S. The minimum atomic E-state index is -0.722. The first-order chi connectivity index (χ1) is 17.1. The molecule has 0 heterocycles. The summed E-state index contributed by atoms with van der Waals surface area (Å²) >= 11 is 7.46. The van der Waals surface area contributed by atoms with Crippen LogP contribution in [-0.2, 0) is 28.3 Å². The van der Waals surface area contributed by atoms with Gasteiger partial charge in [0.1, 0.15) is 11.9 Å². The second-order valence-electron chi connectivity index (χ2n) is 9.71. The van der Waals surface area contributed by atoms with E-state index in [4.69, 9.17) is 11.6 Å². The Bertz CT molecular complexity index is 1130. The first-order valence-corrected chi connectivity index (χ1v) is 13.4. The fourth-order valence-electron chi connectivity index (χ4n) is 3.71. The number of nitrogens with zero attached hydrogens (tertiary/aromatic N) is 1. The lowest BCUT2D eigenvalue weighted by Gasteiger charge is -2.34. The molecule has 4 nitrogen and oxygen atoms in total. The lowest BCUT2D eigenvalue weighted by molar-refractivity contribution is -0.140. The van der Waals surface area contributed by atoms with Crippen LogP contribution in [0.5, 0.6) is 0 Å². The van der Waals surface area contributed by atoms with Crippen LogP contribution in [0, 0.1) is 5.82 Å². The van der Waals surface area contributed by atoms with Crippen molar-refractivity contribution in [3.63, 3.8) is 0 Å². The molecule has 0 saturated heterocycles. The summed E-state index contributed by atoms with van der Waals surface area (Å²) in [5.74, 6) is 0.136. The molecule has 3 rings (SSSR count). The fraction of sp³-hybridized carbons (Fsp3) is 0.310. The van der Waals surface area contributed by atoms with Gasteiger partial charge in [0.15, 0.2) is 0 Å². The highest BCUT2D eigenvalue weighted by molar-refractivity contribution is 7.99. The number of carbonyl (C=O) groups is 2. The molecule has 0 fully saturated rings. The summed E-state index contributed by atoms with van der Waals surface area (Å²) in [6.07, 6.45) is 0.373. The van der Waals surface area contributed by atoms with Crippen molar-refractivity contribution in [2.45, 2.75) is 51.1 Å². The highest BCUT2D eigenvalue weighted by Gasteiger charge is 2.32. The maximum atomic E-state index is 13.6. The first kappa shape index (κ1) is 27.8. The van der Waals surface area contributed by atoms with Gasteiger partial charge >= 0.3 is 0 Å². The third-order valence-corrected chi connectivity index (χ3v) is 6.68. The summed E-state index contributed by atoms with van der Waals surface area (Å²) in [5.41, 5.74) is 2.32. The van der Waals surface area contributed by atoms with Gasteiger partial charge in [-0.15, -0.1) is 11.8 Å². The van der Waals surface area contributed by atoms with E-state index in [0.29, 0.717) is 17.2 Å². The molecule has 7 heteroatoms. The summed E-state index contributed by atoms with van der Waals surface area (Å²) in [7, 11) is 0. The molecule has 3 aromatic rings. The maximum Gasteiger partial charge on any atom is 0.243 e. The number of carbonyl (C=O) groups excluding carboxylic acids is 2. The standard InChI is InChI=1S/C29H32ClFN2O2S/c1-29(2,3)32-28(35)26(17-21-7-5-4-6-8-21)33(18-22-11-15-25(31)16-12-22)27(34)20-36-19-23-9-13-24(30)14-10-23/h4-16,26H,17-20H2,1-3H3,(H,32,35)/t26-/m0/s1. The van der Waals surface area contributed by atoms with Gasteiger partial charge in [-0.3, -0.25) is 9.59 Å². The SMILES string of the molecule is CC(C)(C)NC(=O)[C@H](Cc1ccccc1)N(Cc1ccc(F)cc1)C(=O)CSCc1ccc(Cl)cc1. The quantitative estimate of drug-likeness (QED) is 0.339. The van der Waals surface area contributed by atoms with E-state index >= 15 is 0 Å². The van der Waals surface area contributed by atoms with Gasteiger partial charge < -0.3 is 10.2 Å². The molecule has 0 aliphatic heterocycles. The summed E-state index contributed by atoms with van der Waals surface area (Å²) in [4.78, 5) is 28.7. The summed E-state index contributed by atoms with van der Waals surface area (Å²) < 4.78 is 13.5. The minimum absolute atomic E-state index is 0.150. The highest BCUT2D eigenvalue weighted by atomic mass is 35.5. The average Bonchev–Trinajstić information content (AvgIpc) is 2.83. The maximum absolute atomic E-state index is 13.6. The largest absolute Gasteiger partial charge is 0.350 e. The van der Waals surface area contributed by atoms with Gasteiger partial charge in [0.25, 0.3) is 0 Å². The number of thioether (sulfide) groups is 1. The average molecular weight is 527 g/mol. The van der Waals surface area contributed by atoms with Gasteiger partial charge in [0, 0.05) is 29.3 Å². The number of hydrogen-bond acceptors (Lipinski definition) is 3. The summed E-state index contributed by atoms with van der Waals surface area (Å²) in [6, 6.07) is 22.5. The topological polar surface area (TPSA) is 49.4 Å². The zero-order valence-corrected chi connectivity index (χ0v) is 22.4. The Morgan fingerprint density at radius 3 is 2.14 bits per heavy atom. The van der Waals surface area contributed by atoms with Crippen LogP contribution in [0.1, 0.15) is 37.5 Å². The van der Waals surface area contributed by atoms with Crippen molar-refractivity contribution in [3.8, 4) is 0 Å². The van der Waals surface area contributed by atoms with Crippen LogP contribution >= 0.6 is 23.4 Å². The van der Waals surface area contributed by atoms with E-state index in [1.807, 2.05) is 75.4 Å². The number of rotatable bonds is 10. The van der Waals surface area contributed by atoms with Crippen molar-refractivity contribution in [3.05, 3.63) is 106 Å². The molecule has 0 aliphatic carbocycles. The predicted molar refractivity (Wildman–Crippen MR) is 146 cm³/mol. The van der Waals surface area contributed by atoms with E-state index in [2.05, 4.69) is 5.32 Å². The third kappa shape index (κ3) is 8.99. The molecule has 0 saturated carbocycles. The van der Waals surface area contributed by atoms with Crippen molar-refractivity contribution in [2.24, 2.45) is 0 Å². The van der Waals surface area contributed by atoms with Crippen molar-refractivity contribution >= 4 is 35.2 Å². The summed E-state index contributed by atoms with van der Waals surface area (Å²) in [5, 5.41) is 3.71. The molecule has 0 unspecified atom stereocenters. The molecule has 190 valence electrons. The molecule has 0 aliphatic rings. The van der Waals surface area contributed by atoms with Crippen LogP contribution in [0.15, 0.2) is 78.9 Å². The Morgan fingerprint density at radius 1 is 0.917 bits per heavy atom. The molecule has 0 aromatic heterocycles. The van der Waals surface area contributed by atoms with Crippen LogP contribution in [0.4, 0.5) is 4.39 Å². The smallest absolute Gasteiger partial charge is 0.243 e. The van der Waals surface area contributed by atoms with Gasteiger partial charge in [-0.05, 0) is 61.7 Å². The molecule has 1 N–H and O–H groups in total. The van der Waals surface area contributed by atoms with Gasteiger partial charge in [0.2, 0.25) is 11.8 Å². The van der Waals surface area contributed by atoms with E-state index in [-0.39, 0.29) is 29.9 Å². The Hall–Kier alpha value is -2.83. The highest BCUT2D eigenvalue weighted by Crippen LogP contribution is 2.20. The Balaban J connectivity index is 1.85. The molecule has 0 radical (unpaired) electrons. The summed E-state index contributed by atoms with van der Waals surface area (Å²) in [6.45, 7) is 5.95. The van der Waals surface area contributed by atoms with Gasteiger partial charge in [-0.1, -0.05) is 66.2 Å². The lowest BCUT2D eigenvalue weighted by atomic mass is 10.0. The normalized spacial score (nSPS) is 12.1. The first-order valence-electron chi connectivity index (χ1n) is 11.8. The number of hydrogen-bond donors (Lipinski definition) is 1. The van der Waals surface area contributed by atoms with Crippen LogP contribution in [0.25, 0.3) is 0 Å². The molecule has 0 bridgehead atoms. The second kappa shape index (κ2) is 12.9. The van der Waals surface area contributed by atoms with Gasteiger partial charge in [0.05, 0.1) is 5.75 Å². The monoisotopic (exact) mass is 526 g/mol. The lowest BCUT2D eigenvalue weighted by Crippen LogP contribution is -2.54. The molecular weight excluding hydrogens is 495 g/mol. The van der Waals surface area contributed by atoms with Gasteiger partial charge in [-0.25, -0.2) is 4.39 Å². The van der Waals surface area contributed by atoms with Crippen LogP contribution in [0.2, 0.25) is 5.02 Å². The number of halogens is 2. The zero-order chi connectivity index (χ0) is 26.1. The van der Waals surface area contributed by atoms with Gasteiger partial charge in [-0.2, -0.15) is 0 Å². The van der Waals surface area contributed by atoms with Crippen LogP contribution < -0.4 is 5.32 Å². The molecule has 3 aromatic carbocycles. The zero-order valence-electron chi connectivity index (χ0n) is 20.8. The fourth-order valence-corrected chi connectivity index (χ4v) is 4.71. The van der Waals surface area contributed by atoms with Crippen molar-refractivity contribution in [2.75, 3.05) is 5.75 Å². The second-order valence-corrected chi connectivity index (χ2v) is 11.1. The van der Waals surface area contributed by atoms with E-state index in [1.54, 1.807) is 17.0 Å². The van der Waals surface area contributed by atoms with Crippen LogP contribution in [0.3, 0.4) is 0 Å². The van der Waals surface area contributed by atoms with Crippen molar-refractivity contribution in [1.29, 1.82) is 0 Å². The van der Waals surface area contributed by atoms with Crippen molar-refractivity contribution < 1.29 is 14.0 Å². The third-order valence-electron chi connectivity index (χ3n) is 5.44. The Labute approximate surface area is 222 Å². The molecule has 36 heavy (non-hydrogen) atoms. The number of amides is 2. The van der Waals surface area contributed by atoms with E-state index in [0.717, 1.165) is 16.7 Å². The van der Waals surface area contributed by atoms with E-state index in [1.165, 1.54) is 23.9 Å².